The lowest BCUT2D eigenvalue weighted by Crippen LogP contribution is -2.31. The molecule has 1 N–H and O–H groups in total. The highest BCUT2D eigenvalue weighted by Crippen LogP contribution is 2.37. The second kappa shape index (κ2) is 9.89. The first kappa shape index (κ1) is 23.2. The van der Waals surface area contributed by atoms with Crippen molar-refractivity contribution in [3.63, 3.8) is 0 Å². The van der Waals surface area contributed by atoms with Gasteiger partial charge in [0.1, 0.15) is 10.6 Å². The molecule has 2 heterocycles. The number of benzene rings is 2. The molecule has 1 unspecified atom stereocenters. The normalized spacial score (nSPS) is 12.1. The van der Waals surface area contributed by atoms with Crippen molar-refractivity contribution in [1.29, 1.82) is 0 Å². The fraction of sp³-hybridized carbons (Fsp3) is 0.240. The van der Waals surface area contributed by atoms with Crippen LogP contribution in [-0.4, -0.2) is 20.7 Å². The Bertz CT molecular complexity index is 1350. The van der Waals surface area contributed by atoms with Crippen molar-refractivity contribution in [3.05, 3.63) is 81.2 Å². The van der Waals surface area contributed by atoms with E-state index < -0.39 is 5.25 Å². The first-order chi connectivity index (χ1) is 15.9. The Balaban J connectivity index is 1.64. The number of rotatable bonds is 7. The van der Waals surface area contributed by atoms with Crippen molar-refractivity contribution in [2.24, 2.45) is 0 Å². The highest BCUT2D eigenvalue weighted by atomic mass is 32.2. The molecule has 4 aromatic rings. The Morgan fingerprint density at radius 3 is 2.55 bits per heavy atom. The van der Waals surface area contributed by atoms with E-state index in [1.54, 1.807) is 16.7 Å². The number of hydrogen-bond acceptors (Lipinski definition) is 5. The lowest BCUT2D eigenvalue weighted by Gasteiger charge is -2.15. The van der Waals surface area contributed by atoms with Crippen molar-refractivity contribution in [2.45, 2.75) is 44.3 Å². The van der Waals surface area contributed by atoms with Crippen molar-refractivity contribution >= 4 is 39.2 Å². The molecule has 0 fully saturated rings. The number of nitrogens with one attached hydrogen (secondary N) is 1. The predicted octanol–water partition coefficient (Wildman–Crippen LogP) is 5.39. The summed E-state index contributed by atoms with van der Waals surface area (Å²) in [7, 11) is 0. The van der Waals surface area contributed by atoms with Crippen LogP contribution < -0.4 is 10.9 Å². The van der Waals surface area contributed by atoms with Gasteiger partial charge in [0.15, 0.2) is 5.16 Å². The molecule has 0 aliphatic heterocycles. The number of fused-ring (bicyclic) bond motifs is 1. The summed E-state index contributed by atoms with van der Waals surface area (Å²) in [6.07, 6.45) is 0. The molecule has 0 aliphatic rings. The first-order valence-corrected chi connectivity index (χ1v) is 12.4. The molecular weight excluding hydrogens is 457 g/mol. The monoisotopic (exact) mass is 481 g/mol. The van der Waals surface area contributed by atoms with Crippen molar-refractivity contribution in [2.75, 3.05) is 0 Å². The van der Waals surface area contributed by atoms with Gasteiger partial charge in [0, 0.05) is 23.5 Å². The molecule has 0 saturated heterocycles. The zero-order valence-electron chi connectivity index (χ0n) is 18.6. The molecular formula is C25H24FN3O2S2. The van der Waals surface area contributed by atoms with Gasteiger partial charge in [0.2, 0.25) is 5.91 Å². The summed E-state index contributed by atoms with van der Waals surface area (Å²) in [5.74, 6) is -0.437. The molecule has 1 atom stereocenters. The SMILES string of the molecule is CCn1c(SC(C)C(=O)NCc2ccccc2)nc2sc(C)c(-c3ccc(F)cc3)c2c1=O. The Hall–Kier alpha value is -2.97. The maximum absolute atomic E-state index is 13.5. The number of thiophene rings is 1. The van der Waals surface area contributed by atoms with Crippen LogP contribution in [0, 0.1) is 12.7 Å². The summed E-state index contributed by atoms with van der Waals surface area (Å²) in [6.45, 7) is 6.51. The number of aryl methyl sites for hydroxylation is 1. The molecule has 8 heteroatoms. The topological polar surface area (TPSA) is 64.0 Å². The summed E-state index contributed by atoms with van der Waals surface area (Å²) < 4.78 is 15.0. The van der Waals surface area contributed by atoms with E-state index in [4.69, 9.17) is 4.98 Å². The van der Waals surface area contributed by atoms with Gasteiger partial charge in [-0.1, -0.05) is 54.2 Å². The molecule has 2 aromatic carbocycles. The van der Waals surface area contributed by atoms with Gasteiger partial charge in [-0.25, -0.2) is 9.37 Å². The van der Waals surface area contributed by atoms with Crippen LogP contribution in [0.4, 0.5) is 4.39 Å². The van der Waals surface area contributed by atoms with Crippen molar-refractivity contribution in [3.8, 4) is 11.1 Å². The van der Waals surface area contributed by atoms with Crippen molar-refractivity contribution < 1.29 is 9.18 Å². The number of aromatic nitrogens is 2. The van der Waals surface area contributed by atoms with Gasteiger partial charge < -0.3 is 5.32 Å². The molecule has 2 aromatic heterocycles. The third-order valence-electron chi connectivity index (χ3n) is 5.36. The third-order valence-corrected chi connectivity index (χ3v) is 7.45. The van der Waals surface area contributed by atoms with Crippen LogP contribution >= 0.6 is 23.1 Å². The van der Waals surface area contributed by atoms with Crippen LogP contribution in [0.1, 0.15) is 24.3 Å². The van der Waals surface area contributed by atoms with Gasteiger partial charge in [-0.2, -0.15) is 0 Å². The predicted molar refractivity (Wildman–Crippen MR) is 133 cm³/mol. The molecule has 1 amide bonds. The van der Waals surface area contributed by atoms with E-state index in [1.165, 1.54) is 35.2 Å². The Morgan fingerprint density at radius 2 is 1.88 bits per heavy atom. The van der Waals surface area contributed by atoms with Crippen LogP contribution in [0.5, 0.6) is 0 Å². The standard InChI is InChI=1S/C25H24FN3O2S2/c1-4-29-24(31)21-20(18-10-12-19(26)13-11-18)15(2)32-23(21)28-25(29)33-16(3)22(30)27-14-17-8-6-5-7-9-17/h5-13,16H,4,14H2,1-3H3,(H,27,30). The van der Waals surface area contributed by atoms with E-state index in [-0.39, 0.29) is 17.3 Å². The lowest BCUT2D eigenvalue weighted by atomic mass is 10.0. The zero-order chi connectivity index (χ0) is 23.5. The molecule has 33 heavy (non-hydrogen) atoms. The lowest BCUT2D eigenvalue weighted by molar-refractivity contribution is -0.120. The van der Waals surface area contributed by atoms with Gasteiger partial charge in [0.05, 0.1) is 10.6 Å². The Morgan fingerprint density at radius 1 is 1.18 bits per heavy atom. The van der Waals surface area contributed by atoms with E-state index in [2.05, 4.69) is 5.32 Å². The number of carbonyl (C=O) groups is 1. The van der Waals surface area contributed by atoms with Crippen LogP contribution in [0.2, 0.25) is 0 Å². The first-order valence-electron chi connectivity index (χ1n) is 10.7. The Labute approximate surface area is 199 Å². The number of halogens is 1. The van der Waals surface area contributed by atoms with E-state index >= 15 is 0 Å². The summed E-state index contributed by atoms with van der Waals surface area (Å²) in [6, 6.07) is 15.9. The van der Waals surface area contributed by atoms with Gasteiger partial charge >= 0.3 is 0 Å². The minimum absolute atomic E-state index is 0.116. The maximum atomic E-state index is 13.5. The van der Waals surface area contributed by atoms with E-state index in [9.17, 15) is 14.0 Å². The average Bonchev–Trinajstić information content (AvgIpc) is 3.14. The molecule has 0 saturated carbocycles. The van der Waals surface area contributed by atoms with Crippen LogP contribution in [0.3, 0.4) is 0 Å². The smallest absolute Gasteiger partial charge is 0.263 e. The fourth-order valence-electron chi connectivity index (χ4n) is 3.65. The van der Waals surface area contributed by atoms with Crippen LogP contribution in [-0.2, 0) is 17.9 Å². The van der Waals surface area contributed by atoms with Gasteiger partial charge in [-0.15, -0.1) is 11.3 Å². The highest BCUT2D eigenvalue weighted by Gasteiger charge is 2.22. The second-order valence-corrected chi connectivity index (χ2v) is 10.1. The van der Waals surface area contributed by atoms with Gasteiger partial charge in [-0.3, -0.25) is 14.2 Å². The largest absolute Gasteiger partial charge is 0.351 e. The number of nitrogens with zero attached hydrogens (tertiary/aromatic N) is 2. The number of hydrogen-bond donors (Lipinski definition) is 1. The second-order valence-electron chi connectivity index (χ2n) is 7.63. The molecule has 0 bridgehead atoms. The highest BCUT2D eigenvalue weighted by molar-refractivity contribution is 8.00. The summed E-state index contributed by atoms with van der Waals surface area (Å²) in [5, 5.41) is 3.58. The minimum Gasteiger partial charge on any atom is -0.351 e. The quantitative estimate of drug-likeness (QED) is 0.284. The molecule has 4 rings (SSSR count). The fourth-order valence-corrected chi connectivity index (χ4v) is 5.73. The molecule has 0 radical (unpaired) electrons. The van der Waals surface area contributed by atoms with Crippen LogP contribution in [0.15, 0.2) is 64.5 Å². The number of carbonyl (C=O) groups excluding carboxylic acids is 1. The Kier molecular flexibility index (Phi) is 6.95. The van der Waals surface area contributed by atoms with Crippen molar-refractivity contribution in [1.82, 2.24) is 14.9 Å². The number of amides is 1. The minimum atomic E-state index is -0.423. The number of thioether (sulfide) groups is 1. The summed E-state index contributed by atoms with van der Waals surface area (Å²) >= 11 is 2.71. The summed E-state index contributed by atoms with van der Waals surface area (Å²) in [5.41, 5.74) is 2.46. The zero-order valence-corrected chi connectivity index (χ0v) is 20.2. The average molecular weight is 482 g/mol. The van der Waals surface area contributed by atoms with Gasteiger partial charge in [0.25, 0.3) is 5.56 Å². The summed E-state index contributed by atoms with van der Waals surface area (Å²) in [4.78, 5) is 32.5. The maximum Gasteiger partial charge on any atom is 0.263 e. The van der Waals surface area contributed by atoms with Gasteiger partial charge in [-0.05, 0) is 44.0 Å². The van der Waals surface area contributed by atoms with E-state index in [0.717, 1.165) is 21.6 Å². The third kappa shape index (κ3) is 4.86. The molecule has 170 valence electrons. The van der Waals surface area contributed by atoms with E-state index in [1.807, 2.05) is 51.1 Å². The molecule has 0 spiro atoms. The van der Waals surface area contributed by atoms with E-state index in [0.29, 0.717) is 28.5 Å². The van der Waals surface area contributed by atoms with Crippen LogP contribution in [0.25, 0.3) is 21.3 Å². The molecule has 5 nitrogen and oxygen atoms in total. The molecule has 0 aliphatic carbocycles.